The van der Waals surface area contributed by atoms with Gasteiger partial charge < -0.3 is 9.15 Å². The van der Waals surface area contributed by atoms with Gasteiger partial charge in [-0.3, -0.25) is 14.9 Å². The van der Waals surface area contributed by atoms with E-state index in [1.165, 1.54) is 12.1 Å². The van der Waals surface area contributed by atoms with Crippen molar-refractivity contribution in [1.82, 2.24) is 5.43 Å². The van der Waals surface area contributed by atoms with E-state index in [1.807, 2.05) is 6.07 Å². The number of nitrogens with one attached hydrogen (secondary N) is 1. The van der Waals surface area contributed by atoms with E-state index in [-0.39, 0.29) is 12.4 Å². The first-order valence-corrected chi connectivity index (χ1v) is 6.78. The Kier molecular flexibility index (Phi) is 5.26. The van der Waals surface area contributed by atoms with Crippen molar-refractivity contribution in [3.63, 3.8) is 0 Å². The minimum atomic E-state index is -0.665. The molecule has 114 valence electrons. The molecule has 0 aliphatic heterocycles. The highest BCUT2D eigenvalue weighted by molar-refractivity contribution is 9.10. The molecule has 1 N–H and O–H groups in total. The normalized spacial score (nSPS) is 10.6. The molecule has 0 saturated carbocycles. The zero-order valence-corrected chi connectivity index (χ0v) is 12.6. The molecule has 0 saturated heterocycles. The van der Waals surface area contributed by atoms with Gasteiger partial charge in [0.1, 0.15) is 10.7 Å². The van der Waals surface area contributed by atoms with Crippen LogP contribution >= 0.6 is 15.9 Å². The summed E-state index contributed by atoms with van der Waals surface area (Å²) in [6, 6.07) is 9.60. The fourth-order valence-electron chi connectivity index (χ4n) is 1.42. The molecule has 1 heterocycles. The molecular weight excluding hydrogens is 358 g/mol. The number of ether oxygens (including phenoxy) is 1. The maximum absolute atomic E-state index is 11.5. The summed E-state index contributed by atoms with van der Waals surface area (Å²) in [7, 11) is 0. The third-order valence-electron chi connectivity index (χ3n) is 2.34. The van der Waals surface area contributed by atoms with Crippen LogP contribution in [-0.4, -0.2) is 23.7 Å². The Hall–Kier alpha value is -2.68. The summed E-state index contributed by atoms with van der Waals surface area (Å²) in [5.41, 5.74) is 2.22. The van der Waals surface area contributed by atoms with Crippen molar-refractivity contribution in [2.24, 2.45) is 5.10 Å². The standard InChI is InChI=1S/C13H10BrN3O5/c14-9-2-1-3-10(6-9)21-8-12(18)16-15-7-11-4-5-13(22-11)17(19)20/h1-7H,8H2,(H,16,18)/b15-7+. The number of nitrogens with zero attached hydrogens (tertiary/aromatic N) is 2. The Balaban J connectivity index is 1.79. The van der Waals surface area contributed by atoms with Crippen molar-refractivity contribution < 1.29 is 18.9 Å². The van der Waals surface area contributed by atoms with Crippen LogP contribution in [0.15, 0.2) is 50.4 Å². The summed E-state index contributed by atoms with van der Waals surface area (Å²) in [6.07, 6.45) is 1.16. The average molecular weight is 368 g/mol. The zero-order chi connectivity index (χ0) is 15.9. The van der Waals surface area contributed by atoms with Gasteiger partial charge in [0.25, 0.3) is 5.91 Å². The quantitative estimate of drug-likeness (QED) is 0.479. The summed E-state index contributed by atoms with van der Waals surface area (Å²) >= 11 is 3.29. The molecule has 0 unspecified atom stereocenters. The van der Waals surface area contributed by atoms with E-state index in [2.05, 4.69) is 26.5 Å². The van der Waals surface area contributed by atoms with E-state index in [0.29, 0.717) is 5.75 Å². The number of hydrazone groups is 1. The van der Waals surface area contributed by atoms with E-state index in [1.54, 1.807) is 18.2 Å². The smallest absolute Gasteiger partial charge is 0.433 e. The second kappa shape index (κ2) is 7.36. The fraction of sp³-hybridized carbons (Fsp3) is 0.0769. The van der Waals surface area contributed by atoms with Gasteiger partial charge in [-0.15, -0.1) is 0 Å². The number of nitro groups is 1. The number of carbonyl (C=O) groups is 1. The minimum absolute atomic E-state index is 0.153. The third kappa shape index (κ3) is 4.70. The van der Waals surface area contributed by atoms with Crippen molar-refractivity contribution in [3.8, 4) is 5.75 Å². The first-order chi connectivity index (χ1) is 10.5. The molecule has 2 rings (SSSR count). The number of amides is 1. The molecule has 1 amide bonds. The molecule has 9 heteroatoms. The Labute approximate surface area is 133 Å². The minimum Gasteiger partial charge on any atom is -0.484 e. The Morgan fingerprint density at radius 2 is 2.27 bits per heavy atom. The average Bonchev–Trinajstić information content (AvgIpc) is 2.94. The van der Waals surface area contributed by atoms with Crippen LogP contribution in [-0.2, 0) is 4.79 Å². The monoisotopic (exact) mass is 367 g/mol. The SMILES string of the molecule is O=C(COc1cccc(Br)c1)N/N=C/c1ccc([N+](=O)[O-])o1. The van der Waals surface area contributed by atoms with Gasteiger partial charge in [-0.05, 0) is 24.3 Å². The van der Waals surface area contributed by atoms with Crippen LogP contribution in [0.4, 0.5) is 5.88 Å². The van der Waals surface area contributed by atoms with Gasteiger partial charge in [-0.1, -0.05) is 22.0 Å². The highest BCUT2D eigenvalue weighted by Crippen LogP contribution is 2.17. The highest BCUT2D eigenvalue weighted by atomic mass is 79.9. The van der Waals surface area contributed by atoms with Crippen LogP contribution in [0.5, 0.6) is 5.75 Å². The number of benzene rings is 1. The zero-order valence-electron chi connectivity index (χ0n) is 11.1. The van der Waals surface area contributed by atoms with Crippen molar-refractivity contribution in [3.05, 3.63) is 56.7 Å². The molecule has 1 aromatic carbocycles. The summed E-state index contributed by atoms with van der Waals surface area (Å²) in [5.74, 6) is -0.182. The molecule has 0 fully saturated rings. The van der Waals surface area contributed by atoms with Crippen molar-refractivity contribution in [1.29, 1.82) is 0 Å². The number of rotatable bonds is 6. The second-order valence-corrected chi connectivity index (χ2v) is 4.89. The first-order valence-electron chi connectivity index (χ1n) is 5.99. The van der Waals surface area contributed by atoms with Crippen molar-refractivity contribution in [2.75, 3.05) is 6.61 Å². The topological polar surface area (TPSA) is 107 Å². The van der Waals surface area contributed by atoms with Gasteiger partial charge in [0.15, 0.2) is 12.4 Å². The van der Waals surface area contributed by atoms with Crippen molar-refractivity contribution >= 4 is 33.9 Å². The van der Waals surface area contributed by atoms with Gasteiger partial charge in [0.2, 0.25) is 0 Å². The molecule has 1 aromatic heterocycles. The lowest BCUT2D eigenvalue weighted by Gasteiger charge is -2.04. The lowest BCUT2D eigenvalue weighted by molar-refractivity contribution is -0.402. The lowest BCUT2D eigenvalue weighted by Crippen LogP contribution is -2.24. The van der Waals surface area contributed by atoms with Gasteiger partial charge in [0, 0.05) is 4.47 Å². The van der Waals surface area contributed by atoms with E-state index < -0.39 is 16.7 Å². The van der Waals surface area contributed by atoms with E-state index in [0.717, 1.165) is 10.7 Å². The number of furan rings is 1. The number of halogens is 1. The number of hydrogen-bond acceptors (Lipinski definition) is 6. The second-order valence-electron chi connectivity index (χ2n) is 3.97. The molecule has 0 aliphatic carbocycles. The molecule has 0 radical (unpaired) electrons. The summed E-state index contributed by atoms with van der Waals surface area (Å²) in [4.78, 5) is 21.3. The van der Waals surface area contributed by atoms with Crippen LogP contribution < -0.4 is 10.2 Å². The van der Waals surface area contributed by atoms with Crippen LogP contribution in [0.3, 0.4) is 0 Å². The number of hydrogen-bond donors (Lipinski definition) is 1. The van der Waals surface area contributed by atoms with Crippen LogP contribution in [0.25, 0.3) is 0 Å². The van der Waals surface area contributed by atoms with Gasteiger partial charge in [-0.25, -0.2) is 5.43 Å². The van der Waals surface area contributed by atoms with E-state index >= 15 is 0 Å². The lowest BCUT2D eigenvalue weighted by atomic mass is 10.3. The van der Waals surface area contributed by atoms with Crippen molar-refractivity contribution in [2.45, 2.75) is 0 Å². The predicted octanol–water partition coefficient (Wildman–Crippen LogP) is 2.48. The van der Waals surface area contributed by atoms with Gasteiger partial charge in [0.05, 0.1) is 12.3 Å². The van der Waals surface area contributed by atoms with Gasteiger partial charge in [-0.2, -0.15) is 5.10 Å². The van der Waals surface area contributed by atoms with Crippen LogP contribution in [0, 0.1) is 10.1 Å². The van der Waals surface area contributed by atoms with Gasteiger partial charge >= 0.3 is 5.88 Å². The highest BCUT2D eigenvalue weighted by Gasteiger charge is 2.10. The van der Waals surface area contributed by atoms with Crippen LogP contribution in [0.2, 0.25) is 0 Å². The molecule has 22 heavy (non-hydrogen) atoms. The molecular formula is C13H10BrN3O5. The molecule has 8 nitrogen and oxygen atoms in total. The third-order valence-corrected chi connectivity index (χ3v) is 2.83. The maximum Gasteiger partial charge on any atom is 0.433 e. The first kappa shape index (κ1) is 15.7. The summed E-state index contributed by atoms with van der Waals surface area (Å²) < 4.78 is 10.9. The Morgan fingerprint density at radius 1 is 1.45 bits per heavy atom. The Bertz CT molecular complexity index is 713. The largest absolute Gasteiger partial charge is 0.484 e. The molecule has 2 aromatic rings. The fourth-order valence-corrected chi connectivity index (χ4v) is 1.79. The summed E-state index contributed by atoms with van der Waals surface area (Å²) in [5, 5.41) is 14.0. The molecule has 0 aliphatic rings. The summed E-state index contributed by atoms with van der Waals surface area (Å²) in [6.45, 7) is -0.216. The Morgan fingerprint density at radius 3 is 2.95 bits per heavy atom. The van der Waals surface area contributed by atoms with E-state index in [4.69, 9.17) is 9.15 Å². The number of carbonyl (C=O) groups excluding carboxylic acids is 1. The molecule has 0 atom stereocenters. The molecule has 0 bridgehead atoms. The molecule has 0 spiro atoms. The predicted molar refractivity (Wildman–Crippen MR) is 80.7 cm³/mol. The van der Waals surface area contributed by atoms with Crippen LogP contribution in [0.1, 0.15) is 5.76 Å². The van der Waals surface area contributed by atoms with E-state index in [9.17, 15) is 14.9 Å². The maximum atomic E-state index is 11.5.